The fourth-order valence-electron chi connectivity index (χ4n) is 2.44. The lowest BCUT2D eigenvalue weighted by Gasteiger charge is -2.30. The third kappa shape index (κ3) is 5.49. The first kappa shape index (κ1) is 20.4. The number of carbonyl (C=O) groups excluding carboxylic acids is 1. The van der Waals surface area contributed by atoms with Gasteiger partial charge in [-0.25, -0.2) is 8.42 Å². The van der Waals surface area contributed by atoms with Gasteiger partial charge < -0.3 is 15.4 Å². The number of nitrogens with zero attached hydrogens (tertiary/aromatic N) is 1. The third-order valence-electron chi connectivity index (χ3n) is 3.90. The normalized spacial score (nSPS) is 13.4. The van der Waals surface area contributed by atoms with Crippen molar-refractivity contribution in [1.29, 1.82) is 0 Å². The van der Waals surface area contributed by atoms with Gasteiger partial charge >= 0.3 is 0 Å². The van der Waals surface area contributed by atoms with Gasteiger partial charge in [-0.1, -0.05) is 20.8 Å². The molecule has 0 aliphatic heterocycles. The minimum absolute atomic E-state index is 0.188. The average Bonchev–Trinajstić information content (AvgIpc) is 2.53. The molecule has 0 aliphatic rings. The summed E-state index contributed by atoms with van der Waals surface area (Å²) in [5, 5.41) is 0. The van der Waals surface area contributed by atoms with E-state index in [4.69, 9.17) is 10.5 Å². The van der Waals surface area contributed by atoms with Crippen molar-refractivity contribution in [3.05, 3.63) is 24.3 Å². The molecule has 0 radical (unpaired) electrons. The lowest BCUT2D eigenvalue weighted by Crippen LogP contribution is -2.42. The predicted octanol–water partition coefficient (Wildman–Crippen LogP) is 1.55. The Kier molecular flexibility index (Phi) is 6.80. The summed E-state index contributed by atoms with van der Waals surface area (Å²) in [6, 6.07) is 6.17. The summed E-state index contributed by atoms with van der Waals surface area (Å²) in [6.45, 7) is 6.50. The number of sulfone groups is 1. The van der Waals surface area contributed by atoms with Crippen molar-refractivity contribution in [2.45, 2.75) is 25.7 Å². The highest BCUT2D eigenvalue weighted by molar-refractivity contribution is 7.91. The molecule has 1 aromatic rings. The highest BCUT2D eigenvalue weighted by atomic mass is 32.2. The van der Waals surface area contributed by atoms with Crippen LogP contribution in [0.15, 0.2) is 29.2 Å². The van der Waals surface area contributed by atoms with Crippen molar-refractivity contribution in [2.24, 2.45) is 17.1 Å². The average molecular weight is 356 g/mol. The van der Waals surface area contributed by atoms with Crippen molar-refractivity contribution < 1.29 is 17.9 Å². The van der Waals surface area contributed by atoms with Crippen LogP contribution in [0.25, 0.3) is 0 Å². The maximum Gasteiger partial charge on any atom is 0.226 e. The first-order chi connectivity index (χ1) is 11.0. The van der Waals surface area contributed by atoms with Gasteiger partial charge in [0.1, 0.15) is 5.75 Å². The molecule has 1 amide bonds. The molecule has 0 spiro atoms. The number of nitrogens with two attached hydrogens (primary N) is 1. The van der Waals surface area contributed by atoms with Gasteiger partial charge in [0.05, 0.1) is 17.8 Å². The molecule has 0 aliphatic carbocycles. The number of benzene rings is 1. The van der Waals surface area contributed by atoms with E-state index in [2.05, 4.69) is 0 Å². The van der Waals surface area contributed by atoms with Crippen molar-refractivity contribution in [3.8, 4) is 5.75 Å². The molecule has 0 fully saturated rings. The summed E-state index contributed by atoms with van der Waals surface area (Å²) < 4.78 is 30.0. The van der Waals surface area contributed by atoms with Crippen molar-refractivity contribution >= 4 is 15.7 Å². The van der Waals surface area contributed by atoms with Crippen LogP contribution < -0.4 is 10.5 Å². The Labute approximate surface area is 144 Å². The van der Waals surface area contributed by atoms with E-state index >= 15 is 0 Å². The van der Waals surface area contributed by atoms with E-state index in [0.29, 0.717) is 18.8 Å². The van der Waals surface area contributed by atoms with E-state index in [9.17, 15) is 13.2 Å². The van der Waals surface area contributed by atoms with Crippen molar-refractivity contribution in [1.82, 2.24) is 4.90 Å². The molecule has 6 nitrogen and oxygen atoms in total. The van der Waals surface area contributed by atoms with Gasteiger partial charge in [-0.05, 0) is 36.2 Å². The zero-order valence-electron chi connectivity index (χ0n) is 15.1. The molecule has 24 heavy (non-hydrogen) atoms. The number of ether oxygens (including phenoxy) is 1. The smallest absolute Gasteiger partial charge is 0.226 e. The second-order valence-electron chi connectivity index (χ2n) is 6.92. The van der Waals surface area contributed by atoms with Gasteiger partial charge in [-0.15, -0.1) is 0 Å². The Morgan fingerprint density at radius 1 is 1.29 bits per heavy atom. The van der Waals surface area contributed by atoms with Crippen LogP contribution in [-0.2, 0) is 14.6 Å². The maximum atomic E-state index is 12.5. The molecule has 0 heterocycles. The predicted molar refractivity (Wildman–Crippen MR) is 94.7 cm³/mol. The largest absolute Gasteiger partial charge is 0.497 e. The SMILES string of the molecule is COc1ccc(S(=O)(=O)CC(C)C(=O)N(C)CC(C)(C)CN)cc1. The highest BCUT2D eigenvalue weighted by Gasteiger charge is 2.28. The molecule has 1 unspecified atom stereocenters. The summed E-state index contributed by atoms with van der Waals surface area (Å²) in [7, 11) is -0.346. The first-order valence-corrected chi connectivity index (χ1v) is 9.49. The molecule has 136 valence electrons. The van der Waals surface area contributed by atoms with E-state index in [1.807, 2.05) is 13.8 Å². The van der Waals surface area contributed by atoms with Gasteiger partial charge in [-0.3, -0.25) is 4.79 Å². The first-order valence-electron chi connectivity index (χ1n) is 7.84. The standard InChI is InChI=1S/C17H28N2O4S/c1-13(16(20)19(4)12-17(2,3)11-18)10-24(21,22)15-8-6-14(23-5)7-9-15/h6-9,13H,10-12,18H2,1-5H3. The topological polar surface area (TPSA) is 89.7 Å². The lowest BCUT2D eigenvalue weighted by atomic mass is 9.93. The minimum Gasteiger partial charge on any atom is -0.497 e. The van der Waals surface area contributed by atoms with E-state index < -0.39 is 15.8 Å². The fourth-order valence-corrected chi connectivity index (χ4v) is 3.98. The molecule has 1 rings (SSSR count). The second kappa shape index (κ2) is 7.98. The zero-order chi connectivity index (χ0) is 18.5. The van der Waals surface area contributed by atoms with Crippen molar-refractivity contribution in [3.63, 3.8) is 0 Å². The summed E-state index contributed by atoms with van der Waals surface area (Å²) in [6.07, 6.45) is 0. The van der Waals surface area contributed by atoms with Crippen LogP contribution in [0.3, 0.4) is 0 Å². The molecule has 0 aromatic heterocycles. The van der Waals surface area contributed by atoms with Crippen LogP contribution in [0.2, 0.25) is 0 Å². The Morgan fingerprint density at radius 3 is 2.29 bits per heavy atom. The van der Waals surface area contributed by atoms with E-state index in [1.165, 1.54) is 19.2 Å². The molecule has 2 N–H and O–H groups in total. The highest BCUT2D eigenvalue weighted by Crippen LogP contribution is 2.20. The van der Waals surface area contributed by atoms with Gasteiger partial charge in [0.25, 0.3) is 0 Å². The van der Waals surface area contributed by atoms with Crippen LogP contribution in [0, 0.1) is 11.3 Å². The Hall–Kier alpha value is -1.60. The van der Waals surface area contributed by atoms with Gasteiger partial charge in [0.15, 0.2) is 9.84 Å². The zero-order valence-corrected chi connectivity index (χ0v) is 15.9. The molecular weight excluding hydrogens is 328 g/mol. The number of carbonyl (C=O) groups is 1. The van der Waals surface area contributed by atoms with E-state index in [-0.39, 0.29) is 22.0 Å². The van der Waals surface area contributed by atoms with Crippen LogP contribution in [0.5, 0.6) is 5.75 Å². The Morgan fingerprint density at radius 2 is 1.83 bits per heavy atom. The van der Waals surface area contributed by atoms with Crippen LogP contribution in [0.4, 0.5) is 0 Å². The summed E-state index contributed by atoms with van der Waals surface area (Å²) in [5.74, 6) is -0.475. The number of hydrogen-bond donors (Lipinski definition) is 1. The van der Waals surface area contributed by atoms with E-state index in [1.54, 1.807) is 31.0 Å². The second-order valence-corrected chi connectivity index (χ2v) is 8.95. The summed E-state index contributed by atoms with van der Waals surface area (Å²) in [4.78, 5) is 14.2. The number of hydrogen-bond acceptors (Lipinski definition) is 5. The molecule has 0 bridgehead atoms. The van der Waals surface area contributed by atoms with Crippen LogP contribution in [0.1, 0.15) is 20.8 Å². The number of rotatable bonds is 8. The molecule has 7 heteroatoms. The monoisotopic (exact) mass is 356 g/mol. The Balaban J connectivity index is 2.80. The van der Waals surface area contributed by atoms with E-state index in [0.717, 1.165) is 0 Å². The molecule has 0 saturated carbocycles. The van der Waals surface area contributed by atoms with Gasteiger partial charge in [0, 0.05) is 19.5 Å². The molecule has 1 atom stereocenters. The Bertz CT molecular complexity index is 654. The van der Waals surface area contributed by atoms with Gasteiger partial charge in [-0.2, -0.15) is 0 Å². The molecule has 1 aromatic carbocycles. The summed E-state index contributed by atoms with van der Waals surface area (Å²) >= 11 is 0. The lowest BCUT2D eigenvalue weighted by molar-refractivity contribution is -0.134. The van der Waals surface area contributed by atoms with Gasteiger partial charge in [0.2, 0.25) is 5.91 Å². The fraction of sp³-hybridized carbons (Fsp3) is 0.588. The van der Waals surface area contributed by atoms with Crippen LogP contribution in [-0.4, -0.2) is 52.2 Å². The van der Waals surface area contributed by atoms with Crippen molar-refractivity contribution in [2.75, 3.05) is 33.0 Å². The van der Waals surface area contributed by atoms with Crippen LogP contribution >= 0.6 is 0 Å². The molecular formula is C17H28N2O4S. The maximum absolute atomic E-state index is 12.5. The number of amides is 1. The molecule has 0 saturated heterocycles. The quantitative estimate of drug-likeness (QED) is 0.763. The number of methoxy groups -OCH3 is 1. The summed E-state index contributed by atoms with van der Waals surface area (Å²) in [5.41, 5.74) is 5.48. The minimum atomic E-state index is -3.54. The third-order valence-corrected chi connectivity index (χ3v) is 5.83.